The summed E-state index contributed by atoms with van der Waals surface area (Å²) in [5.74, 6) is 0.454. The third kappa shape index (κ3) is 1.50. The molecule has 2 atom stereocenters. The van der Waals surface area contributed by atoms with Crippen molar-refractivity contribution in [2.24, 2.45) is 10.9 Å². The summed E-state index contributed by atoms with van der Waals surface area (Å²) in [5, 5.41) is 2.92. The van der Waals surface area contributed by atoms with Crippen LogP contribution in [-0.4, -0.2) is 28.8 Å². The molecule has 1 amide bonds. The Morgan fingerprint density at radius 1 is 1.56 bits per heavy atom. The van der Waals surface area contributed by atoms with E-state index in [0.717, 1.165) is 6.42 Å². The third-order valence-electron chi connectivity index (χ3n) is 3.24. The Labute approximate surface area is 102 Å². The van der Waals surface area contributed by atoms with Crippen LogP contribution in [0.3, 0.4) is 0 Å². The Morgan fingerprint density at radius 2 is 2.44 bits per heavy atom. The Hall–Kier alpha value is -1.10. The van der Waals surface area contributed by atoms with Crippen LogP contribution in [0.4, 0.5) is 0 Å². The van der Waals surface area contributed by atoms with Gasteiger partial charge in [0, 0.05) is 37.7 Å². The minimum absolute atomic E-state index is 0.0671. The molecule has 0 aromatic heterocycles. The number of fused-ring (bicyclic) bond motifs is 3. The van der Waals surface area contributed by atoms with Gasteiger partial charge in [0.15, 0.2) is 6.17 Å². The van der Waals surface area contributed by atoms with Crippen molar-refractivity contribution in [3.05, 3.63) is 23.4 Å². The normalized spacial score (nSPS) is 32.3. The maximum Gasteiger partial charge on any atom is 0.224 e. The zero-order valence-corrected chi connectivity index (χ0v) is 10.3. The van der Waals surface area contributed by atoms with E-state index < -0.39 is 0 Å². The SMILES string of the molecule is O=C1CC2=CN(Br)C3N=CCC=C3C2CN1. The lowest BCUT2D eigenvalue weighted by atomic mass is 9.82. The van der Waals surface area contributed by atoms with Gasteiger partial charge >= 0.3 is 0 Å². The van der Waals surface area contributed by atoms with Crippen LogP contribution in [0.5, 0.6) is 0 Å². The first-order valence-electron chi connectivity index (χ1n) is 5.38. The van der Waals surface area contributed by atoms with E-state index in [2.05, 4.69) is 32.5 Å². The van der Waals surface area contributed by atoms with E-state index in [-0.39, 0.29) is 12.1 Å². The summed E-state index contributed by atoms with van der Waals surface area (Å²) in [7, 11) is 0. The summed E-state index contributed by atoms with van der Waals surface area (Å²) in [6.45, 7) is 0.712. The standard InChI is InChI=1S/C11H12BrN3O/c12-15-6-7-4-10(16)14-5-9(7)8-2-1-3-13-11(8)15/h2-3,6,9,11H,1,4-5H2,(H,14,16). The number of carbonyl (C=O) groups is 1. The second-order valence-electron chi connectivity index (χ2n) is 4.23. The van der Waals surface area contributed by atoms with E-state index in [0.29, 0.717) is 18.9 Å². The van der Waals surface area contributed by atoms with Gasteiger partial charge in [-0.25, -0.2) is 0 Å². The number of rotatable bonds is 0. The molecule has 1 N–H and O–H groups in total. The van der Waals surface area contributed by atoms with Gasteiger partial charge in [0.25, 0.3) is 0 Å². The van der Waals surface area contributed by atoms with Gasteiger partial charge < -0.3 is 5.32 Å². The summed E-state index contributed by atoms with van der Waals surface area (Å²) in [6.07, 6.45) is 7.63. The zero-order chi connectivity index (χ0) is 11.1. The van der Waals surface area contributed by atoms with Crippen molar-refractivity contribution in [1.29, 1.82) is 0 Å². The van der Waals surface area contributed by atoms with Crippen LogP contribution in [0, 0.1) is 5.92 Å². The summed E-state index contributed by atoms with van der Waals surface area (Å²) in [6, 6.07) is 0. The predicted molar refractivity (Wildman–Crippen MR) is 64.9 cm³/mol. The van der Waals surface area contributed by atoms with Gasteiger partial charge in [0.2, 0.25) is 5.91 Å². The topological polar surface area (TPSA) is 44.7 Å². The molecule has 5 heteroatoms. The number of hydrogen-bond acceptors (Lipinski definition) is 3. The fourth-order valence-electron chi connectivity index (χ4n) is 2.48. The average molecular weight is 282 g/mol. The molecule has 0 aliphatic carbocycles. The Balaban J connectivity index is 1.99. The first kappa shape index (κ1) is 10.1. The van der Waals surface area contributed by atoms with Crippen molar-refractivity contribution in [1.82, 2.24) is 9.24 Å². The first-order chi connectivity index (χ1) is 7.75. The number of amides is 1. The van der Waals surface area contributed by atoms with Gasteiger partial charge in [-0.2, -0.15) is 0 Å². The lowest BCUT2D eigenvalue weighted by Crippen LogP contribution is -2.44. The highest BCUT2D eigenvalue weighted by Gasteiger charge is 2.36. The fourth-order valence-corrected chi connectivity index (χ4v) is 3.09. The zero-order valence-electron chi connectivity index (χ0n) is 8.69. The Morgan fingerprint density at radius 3 is 3.31 bits per heavy atom. The van der Waals surface area contributed by atoms with Crippen molar-refractivity contribution in [2.45, 2.75) is 19.0 Å². The molecular weight excluding hydrogens is 270 g/mol. The summed E-state index contributed by atoms with van der Waals surface area (Å²) in [5.41, 5.74) is 2.48. The molecular formula is C11H12BrN3O. The number of aliphatic imine (C=N–C) groups is 1. The summed E-state index contributed by atoms with van der Waals surface area (Å²) < 4.78 is 1.92. The first-order valence-corrected chi connectivity index (χ1v) is 6.09. The van der Waals surface area contributed by atoms with Crippen molar-refractivity contribution in [3.8, 4) is 0 Å². The number of hydrogen-bond donors (Lipinski definition) is 1. The van der Waals surface area contributed by atoms with Crippen LogP contribution in [0.15, 0.2) is 28.4 Å². The molecule has 0 spiro atoms. The molecule has 0 aromatic rings. The number of piperidine rings is 1. The smallest absolute Gasteiger partial charge is 0.224 e. The van der Waals surface area contributed by atoms with E-state index in [1.54, 1.807) is 0 Å². The van der Waals surface area contributed by atoms with Gasteiger partial charge in [0.05, 0.1) is 16.1 Å². The fraction of sp³-hybridized carbons (Fsp3) is 0.455. The molecule has 4 nitrogen and oxygen atoms in total. The molecule has 2 unspecified atom stereocenters. The minimum Gasteiger partial charge on any atom is -0.355 e. The van der Waals surface area contributed by atoms with Crippen molar-refractivity contribution in [3.63, 3.8) is 0 Å². The number of allylic oxidation sites excluding steroid dienone is 1. The molecule has 0 aromatic carbocycles. The van der Waals surface area contributed by atoms with Crippen LogP contribution >= 0.6 is 16.1 Å². The third-order valence-corrected chi connectivity index (χ3v) is 3.84. The lowest BCUT2D eigenvalue weighted by Gasteiger charge is -2.39. The number of dihydropyridines is 1. The predicted octanol–water partition coefficient (Wildman–Crippen LogP) is 1.36. The van der Waals surface area contributed by atoms with Crippen molar-refractivity contribution < 1.29 is 4.79 Å². The van der Waals surface area contributed by atoms with Gasteiger partial charge in [-0.1, -0.05) is 6.08 Å². The van der Waals surface area contributed by atoms with Crippen LogP contribution in [0.25, 0.3) is 0 Å². The van der Waals surface area contributed by atoms with E-state index in [9.17, 15) is 4.79 Å². The van der Waals surface area contributed by atoms with Gasteiger partial charge in [-0.05, 0) is 11.1 Å². The molecule has 3 heterocycles. The molecule has 0 radical (unpaired) electrons. The summed E-state index contributed by atoms with van der Waals surface area (Å²) >= 11 is 3.48. The highest BCUT2D eigenvalue weighted by molar-refractivity contribution is 9.07. The molecule has 0 bridgehead atoms. The number of halogens is 1. The molecule has 3 rings (SSSR count). The molecule has 3 aliphatic rings. The highest BCUT2D eigenvalue weighted by atomic mass is 79.9. The van der Waals surface area contributed by atoms with Crippen LogP contribution in [-0.2, 0) is 4.79 Å². The summed E-state index contributed by atoms with van der Waals surface area (Å²) in [4.78, 5) is 15.8. The van der Waals surface area contributed by atoms with Crippen LogP contribution in [0.1, 0.15) is 12.8 Å². The molecule has 84 valence electrons. The van der Waals surface area contributed by atoms with E-state index >= 15 is 0 Å². The van der Waals surface area contributed by atoms with E-state index in [4.69, 9.17) is 0 Å². The molecule has 3 aliphatic heterocycles. The van der Waals surface area contributed by atoms with Crippen LogP contribution in [0.2, 0.25) is 0 Å². The maximum atomic E-state index is 11.3. The minimum atomic E-state index is 0.0671. The Kier molecular flexibility index (Phi) is 2.35. The lowest BCUT2D eigenvalue weighted by molar-refractivity contribution is -0.121. The molecule has 0 saturated carbocycles. The molecule has 1 saturated heterocycles. The number of nitrogens with zero attached hydrogens (tertiary/aromatic N) is 2. The number of carbonyl (C=O) groups excluding carboxylic acids is 1. The molecule has 1 fully saturated rings. The average Bonchev–Trinajstić information content (AvgIpc) is 2.29. The van der Waals surface area contributed by atoms with Gasteiger partial charge in [-0.3, -0.25) is 13.7 Å². The van der Waals surface area contributed by atoms with Crippen molar-refractivity contribution >= 4 is 28.3 Å². The van der Waals surface area contributed by atoms with Gasteiger partial charge in [-0.15, -0.1) is 0 Å². The van der Waals surface area contributed by atoms with Crippen LogP contribution < -0.4 is 5.32 Å². The van der Waals surface area contributed by atoms with Crippen molar-refractivity contribution in [2.75, 3.05) is 6.54 Å². The maximum absolute atomic E-state index is 11.3. The van der Waals surface area contributed by atoms with E-state index in [1.807, 2.05) is 16.3 Å². The Bertz CT molecular complexity index is 427. The monoisotopic (exact) mass is 281 g/mol. The highest BCUT2D eigenvalue weighted by Crippen LogP contribution is 2.38. The number of nitrogens with one attached hydrogen (secondary N) is 1. The molecule has 16 heavy (non-hydrogen) atoms. The second kappa shape index (κ2) is 3.73. The largest absolute Gasteiger partial charge is 0.355 e. The second-order valence-corrected chi connectivity index (χ2v) is 5.05. The quantitative estimate of drug-likeness (QED) is 0.538. The van der Waals surface area contributed by atoms with Gasteiger partial charge in [0.1, 0.15) is 0 Å². The van der Waals surface area contributed by atoms with E-state index in [1.165, 1.54) is 11.1 Å².